The van der Waals surface area contributed by atoms with Crippen molar-refractivity contribution >= 4 is 40.6 Å². The third-order valence-corrected chi connectivity index (χ3v) is 5.05. The number of amides is 4. The first-order valence-corrected chi connectivity index (χ1v) is 8.48. The lowest BCUT2D eigenvalue weighted by molar-refractivity contribution is -0.127. The molecule has 4 amide bonds. The van der Waals surface area contributed by atoms with Gasteiger partial charge in [-0.1, -0.05) is 0 Å². The van der Waals surface area contributed by atoms with Crippen LogP contribution in [0.5, 0.6) is 0 Å². The van der Waals surface area contributed by atoms with Gasteiger partial charge in [-0.05, 0) is 31.0 Å². The van der Waals surface area contributed by atoms with Crippen molar-refractivity contribution in [1.29, 1.82) is 0 Å². The van der Waals surface area contributed by atoms with Gasteiger partial charge >= 0.3 is 6.03 Å². The minimum atomic E-state index is -0.328. The molecule has 2 aliphatic rings. The Morgan fingerprint density at radius 3 is 2.62 bits per heavy atom. The minimum Gasteiger partial charge on any atom is -0.338 e. The highest BCUT2D eigenvalue weighted by atomic mass is 32.1. The zero-order valence-electron chi connectivity index (χ0n) is 12.8. The molecule has 124 valence electrons. The van der Waals surface area contributed by atoms with Gasteiger partial charge in [0.1, 0.15) is 11.0 Å². The highest BCUT2D eigenvalue weighted by Crippen LogP contribution is 2.21. The monoisotopic (exact) mass is 345 g/mol. The van der Waals surface area contributed by atoms with Crippen LogP contribution >= 0.6 is 11.7 Å². The van der Waals surface area contributed by atoms with Crippen LogP contribution in [-0.4, -0.2) is 62.1 Å². The summed E-state index contributed by atoms with van der Waals surface area (Å²) < 4.78 is 8.29. The Morgan fingerprint density at radius 2 is 1.92 bits per heavy atom. The van der Waals surface area contributed by atoms with E-state index in [-0.39, 0.29) is 30.4 Å². The summed E-state index contributed by atoms with van der Waals surface area (Å²) in [6.07, 6.45) is 1.21. The van der Waals surface area contributed by atoms with Gasteiger partial charge in [0.15, 0.2) is 0 Å². The lowest BCUT2D eigenvalue weighted by Crippen LogP contribution is -2.49. The fraction of sp³-hybridized carbons (Fsp3) is 0.400. The zero-order valence-corrected chi connectivity index (χ0v) is 13.6. The van der Waals surface area contributed by atoms with Crippen molar-refractivity contribution in [3.05, 3.63) is 23.8 Å². The quantitative estimate of drug-likeness (QED) is 0.814. The summed E-state index contributed by atoms with van der Waals surface area (Å²) in [5, 5.41) is 2.54. The first kappa shape index (κ1) is 15.0. The van der Waals surface area contributed by atoms with Crippen molar-refractivity contribution in [2.45, 2.75) is 18.9 Å². The average Bonchev–Trinajstić information content (AvgIpc) is 3.20. The van der Waals surface area contributed by atoms with E-state index >= 15 is 0 Å². The van der Waals surface area contributed by atoms with Crippen molar-refractivity contribution in [2.75, 3.05) is 19.6 Å². The predicted octanol–water partition coefficient (Wildman–Crippen LogP) is 0.848. The third kappa shape index (κ3) is 2.50. The maximum absolute atomic E-state index is 12.6. The molecule has 0 unspecified atom stereocenters. The number of carbonyl (C=O) groups is 3. The van der Waals surface area contributed by atoms with Crippen molar-refractivity contribution in [1.82, 2.24) is 23.9 Å². The first-order valence-electron chi connectivity index (χ1n) is 7.75. The van der Waals surface area contributed by atoms with Crippen LogP contribution in [0.4, 0.5) is 4.79 Å². The molecule has 2 fully saturated rings. The van der Waals surface area contributed by atoms with Gasteiger partial charge in [0, 0.05) is 24.7 Å². The largest absolute Gasteiger partial charge is 0.338 e. The average molecular weight is 345 g/mol. The van der Waals surface area contributed by atoms with E-state index in [4.69, 9.17) is 0 Å². The Morgan fingerprint density at radius 1 is 1.17 bits per heavy atom. The van der Waals surface area contributed by atoms with Gasteiger partial charge < -0.3 is 10.2 Å². The number of hydrogen-bond donors (Lipinski definition) is 1. The normalized spacial score (nSPS) is 19.2. The lowest BCUT2D eigenvalue weighted by atomic mass is 10.0. The van der Waals surface area contributed by atoms with Crippen LogP contribution in [0.15, 0.2) is 18.2 Å². The SMILES string of the molecule is O=C(c1ccc2nsnc2c1)N1CCC(N2C(=O)CNC2=O)CC1. The summed E-state index contributed by atoms with van der Waals surface area (Å²) in [7, 11) is 0. The van der Waals surface area contributed by atoms with Crippen LogP contribution in [-0.2, 0) is 4.79 Å². The summed E-state index contributed by atoms with van der Waals surface area (Å²) in [6.45, 7) is 1.11. The minimum absolute atomic E-state index is 0.0550. The number of hydrogen-bond acceptors (Lipinski definition) is 6. The number of benzene rings is 1. The second kappa shape index (κ2) is 5.82. The van der Waals surface area contributed by atoms with Gasteiger partial charge in [-0.15, -0.1) is 0 Å². The second-order valence-electron chi connectivity index (χ2n) is 5.91. The smallest absolute Gasteiger partial charge is 0.324 e. The first-order chi connectivity index (χ1) is 11.6. The number of fused-ring (bicyclic) bond motifs is 1. The standard InChI is InChI=1S/C15H15N5O3S/c21-13-8-16-15(23)20(13)10-3-5-19(6-4-10)14(22)9-1-2-11-12(7-9)18-24-17-11/h1-2,7,10H,3-6,8H2,(H,16,23). The van der Waals surface area contributed by atoms with Crippen molar-refractivity contribution in [2.24, 2.45) is 0 Å². The van der Waals surface area contributed by atoms with E-state index in [2.05, 4.69) is 14.1 Å². The van der Waals surface area contributed by atoms with Crippen LogP contribution in [0.2, 0.25) is 0 Å². The summed E-state index contributed by atoms with van der Waals surface area (Å²) in [6, 6.07) is 4.85. The van der Waals surface area contributed by atoms with Crippen LogP contribution in [0, 0.1) is 0 Å². The van der Waals surface area contributed by atoms with E-state index in [0.717, 1.165) is 22.8 Å². The van der Waals surface area contributed by atoms with Crippen molar-refractivity contribution in [3.8, 4) is 0 Å². The van der Waals surface area contributed by atoms with Crippen LogP contribution in [0.3, 0.4) is 0 Å². The summed E-state index contributed by atoms with van der Waals surface area (Å²) in [5.41, 5.74) is 2.09. The van der Waals surface area contributed by atoms with Crippen LogP contribution in [0.25, 0.3) is 11.0 Å². The number of nitrogens with one attached hydrogen (secondary N) is 1. The van der Waals surface area contributed by atoms with Gasteiger partial charge in [0.2, 0.25) is 5.91 Å². The van der Waals surface area contributed by atoms with Crippen molar-refractivity contribution < 1.29 is 14.4 Å². The zero-order chi connectivity index (χ0) is 16.7. The van der Waals surface area contributed by atoms with E-state index in [1.807, 2.05) is 0 Å². The summed E-state index contributed by atoms with van der Waals surface area (Å²) in [5.74, 6) is -0.244. The Labute approximate surface area is 141 Å². The Hall–Kier alpha value is -2.55. The Balaban J connectivity index is 1.44. The van der Waals surface area contributed by atoms with E-state index in [1.165, 1.54) is 4.90 Å². The summed E-state index contributed by atoms with van der Waals surface area (Å²) >= 11 is 1.12. The molecule has 2 aromatic rings. The summed E-state index contributed by atoms with van der Waals surface area (Å²) in [4.78, 5) is 39.2. The van der Waals surface area contributed by atoms with E-state index in [1.54, 1.807) is 23.1 Å². The van der Waals surface area contributed by atoms with E-state index in [9.17, 15) is 14.4 Å². The highest BCUT2D eigenvalue weighted by Gasteiger charge is 2.37. The molecule has 0 spiro atoms. The molecule has 4 rings (SSSR count). The molecule has 0 atom stereocenters. The van der Waals surface area contributed by atoms with Gasteiger partial charge in [-0.25, -0.2) is 4.79 Å². The molecular weight excluding hydrogens is 330 g/mol. The lowest BCUT2D eigenvalue weighted by Gasteiger charge is -2.35. The number of nitrogens with zero attached hydrogens (tertiary/aromatic N) is 4. The Bertz CT molecular complexity index is 811. The highest BCUT2D eigenvalue weighted by molar-refractivity contribution is 7.00. The molecule has 8 nitrogen and oxygen atoms in total. The fourth-order valence-electron chi connectivity index (χ4n) is 3.23. The molecule has 2 saturated heterocycles. The van der Waals surface area contributed by atoms with Gasteiger partial charge in [-0.3, -0.25) is 14.5 Å². The molecule has 0 bridgehead atoms. The Kier molecular flexibility index (Phi) is 3.64. The number of carbonyl (C=O) groups excluding carboxylic acids is 3. The number of aromatic nitrogens is 2. The molecule has 1 aromatic carbocycles. The van der Waals surface area contributed by atoms with E-state index < -0.39 is 0 Å². The maximum Gasteiger partial charge on any atom is 0.324 e. The molecule has 0 radical (unpaired) electrons. The van der Waals surface area contributed by atoms with Crippen LogP contribution < -0.4 is 5.32 Å². The molecule has 1 N–H and O–H groups in total. The number of imide groups is 1. The third-order valence-electron chi connectivity index (χ3n) is 4.50. The molecular formula is C15H15N5O3S. The predicted molar refractivity (Wildman–Crippen MR) is 86.6 cm³/mol. The van der Waals surface area contributed by atoms with Gasteiger partial charge in [0.25, 0.3) is 5.91 Å². The second-order valence-corrected chi connectivity index (χ2v) is 6.44. The maximum atomic E-state index is 12.6. The molecule has 2 aliphatic heterocycles. The topological polar surface area (TPSA) is 95.5 Å². The van der Waals surface area contributed by atoms with Gasteiger partial charge in [-0.2, -0.15) is 8.75 Å². The number of rotatable bonds is 2. The number of piperidine rings is 1. The van der Waals surface area contributed by atoms with Crippen molar-refractivity contribution in [3.63, 3.8) is 0 Å². The number of likely N-dealkylation sites (tertiary alicyclic amines) is 1. The molecule has 1 aromatic heterocycles. The van der Waals surface area contributed by atoms with E-state index in [0.29, 0.717) is 31.5 Å². The molecule has 24 heavy (non-hydrogen) atoms. The van der Waals surface area contributed by atoms with Gasteiger partial charge in [0.05, 0.1) is 18.3 Å². The van der Waals surface area contributed by atoms with Crippen LogP contribution in [0.1, 0.15) is 23.2 Å². The number of urea groups is 1. The molecule has 9 heteroatoms. The fourth-order valence-corrected chi connectivity index (χ4v) is 3.75. The molecule has 3 heterocycles. The molecule has 0 saturated carbocycles. The molecule has 0 aliphatic carbocycles.